The van der Waals surface area contributed by atoms with Gasteiger partial charge in [0, 0.05) is 6.42 Å². The second kappa shape index (κ2) is 7.22. The number of methoxy groups -OCH3 is 1. The van der Waals surface area contributed by atoms with Gasteiger partial charge in [0.1, 0.15) is 5.69 Å². The third kappa shape index (κ3) is 3.86. The van der Waals surface area contributed by atoms with Gasteiger partial charge in [-0.05, 0) is 31.2 Å². The van der Waals surface area contributed by atoms with Gasteiger partial charge in [-0.3, -0.25) is 0 Å². The molecular formula is C18H20N2O3. The summed E-state index contributed by atoms with van der Waals surface area (Å²) in [4.78, 5) is 20.7. The van der Waals surface area contributed by atoms with Crippen molar-refractivity contribution in [2.45, 2.75) is 32.1 Å². The van der Waals surface area contributed by atoms with Gasteiger partial charge in [0.15, 0.2) is 6.61 Å². The number of aryl methyl sites for hydroxylation is 2. The minimum Gasteiger partial charge on any atom is -0.466 e. The van der Waals surface area contributed by atoms with Crippen molar-refractivity contribution in [3.63, 3.8) is 0 Å². The van der Waals surface area contributed by atoms with E-state index in [0.29, 0.717) is 12.3 Å². The van der Waals surface area contributed by atoms with Gasteiger partial charge in [-0.2, -0.15) is 0 Å². The molecule has 0 radical (unpaired) electrons. The molecule has 0 aliphatic heterocycles. The molecule has 0 N–H and O–H groups in total. The van der Waals surface area contributed by atoms with Crippen molar-refractivity contribution in [2.24, 2.45) is 0 Å². The van der Waals surface area contributed by atoms with E-state index in [1.54, 1.807) is 0 Å². The van der Waals surface area contributed by atoms with Crippen LogP contribution in [0.25, 0.3) is 0 Å². The van der Waals surface area contributed by atoms with Gasteiger partial charge in [0.25, 0.3) is 0 Å². The first-order valence-corrected chi connectivity index (χ1v) is 7.88. The van der Waals surface area contributed by atoms with Crippen LogP contribution < -0.4 is 4.74 Å². The van der Waals surface area contributed by atoms with Gasteiger partial charge in [-0.15, -0.1) is 0 Å². The van der Waals surface area contributed by atoms with Crippen molar-refractivity contribution in [2.75, 3.05) is 13.7 Å². The molecule has 23 heavy (non-hydrogen) atoms. The number of aromatic nitrogens is 2. The summed E-state index contributed by atoms with van der Waals surface area (Å²) in [5, 5.41) is 0. The van der Waals surface area contributed by atoms with Gasteiger partial charge in [0.2, 0.25) is 5.88 Å². The van der Waals surface area contributed by atoms with E-state index < -0.39 is 5.97 Å². The molecule has 5 heteroatoms. The Bertz CT molecular complexity index is 686. The lowest BCUT2D eigenvalue weighted by molar-refractivity contribution is -0.143. The molecule has 0 unspecified atom stereocenters. The summed E-state index contributed by atoms with van der Waals surface area (Å²) >= 11 is 0. The molecule has 0 fully saturated rings. The summed E-state index contributed by atoms with van der Waals surface area (Å²) in [6.45, 7) is -0.147. The molecule has 0 spiro atoms. The molecule has 5 nitrogen and oxygen atoms in total. The monoisotopic (exact) mass is 312 g/mol. The fourth-order valence-electron chi connectivity index (χ4n) is 2.72. The molecule has 1 heterocycles. The molecule has 0 bridgehead atoms. The fraction of sp³-hybridized carbons (Fsp3) is 0.389. The third-order valence-electron chi connectivity index (χ3n) is 3.93. The lowest BCUT2D eigenvalue weighted by Crippen LogP contribution is -2.17. The first-order chi connectivity index (χ1) is 11.3. The van der Waals surface area contributed by atoms with Gasteiger partial charge >= 0.3 is 5.97 Å². The van der Waals surface area contributed by atoms with Crippen LogP contribution in [0.5, 0.6) is 5.88 Å². The summed E-state index contributed by atoms with van der Waals surface area (Å²) in [5.41, 5.74) is 3.97. The zero-order valence-electron chi connectivity index (χ0n) is 13.2. The molecule has 1 aliphatic carbocycles. The van der Waals surface area contributed by atoms with Crippen molar-refractivity contribution in [1.82, 2.24) is 9.97 Å². The average Bonchev–Trinajstić information content (AvgIpc) is 2.60. The first kappa shape index (κ1) is 15.5. The number of fused-ring (bicyclic) bond motifs is 1. The smallest absolute Gasteiger partial charge is 0.343 e. The van der Waals surface area contributed by atoms with Crippen LogP contribution in [0.4, 0.5) is 0 Å². The molecule has 120 valence electrons. The number of rotatable bonds is 5. The Morgan fingerprint density at radius 3 is 2.48 bits per heavy atom. The second-order valence-corrected chi connectivity index (χ2v) is 5.60. The predicted molar refractivity (Wildman–Crippen MR) is 85.4 cm³/mol. The SMILES string of the molecule is COC(=O)COc1nc2c(nc1Cc1ccccc1)CCCC2. The van der Waals surface area contributed by atoms with E-state index in [4.69, 9.17) is 9.72 Å². The van der Waals surface area contributed by atoms with Gasteiger partial charge < -0.3 is 9.47 Å². The van der Waals surface area contributed by atoms with E-state index >= 15 is 0 Å². The quantitative estimate of drug-likeness (QED) is 0.794. The van der Waals surface area contributed by atoms with E-state index in [2.05, 4.69) is 9.72 Å². The topological polar surface area (TPSA) is 61.3 Å². The van der Waals surface area contributed by atoms with E-state index in [1.165, 1.54) is 7.11 Å². The van der Waals surface area contributed by atoms with Gasteiger partial charge in [-0.1, -0.05) is 30.3 Å². The average molecular weight is 312 g/mol. The summed E-state index contributed by atoms with van der Waals surface area (Å²) < 4.78 is 10.2. The Morgan fingerprint density at radius 2 is 1.78 bits per heavy atom. The second-order valence-electron chi connectivity index (χ2n) is 5.60. The number of carbonyl (C=O) groups excluding carboxylic acids is 1. The standard InChI is InChI=1S/C18H20N2O3/c1-22-17(21)12-23-18-16(11-13-7-3-2-4-8-13)19-14-9-5-6-10-15(14)20-18/h2-4,7-8H,5-6,9-12H2,1H3. The highest BCUT2D eigenvalue weighted by Crippen LogP contribution is 2.24. The largest absolute Gasteiger partial charge is 0.466 e. The Morgan fingerprint density at radius 1 is 1.09 bits per heavy atom. The summed E-state index contributed by atoms with van der Waals surface area (Å²) in [7, 11) is 1.34. The Balaban J connectivity index is 1.89. The molecule has 0 amide bonds. The molecule has 1 aromatic heterocycles. The van der Waals surface area contributed by atoms with Crippen LogP contribution in [0.2, 0.25) is 0 Å². The van der Waals surface area contributed by atoms with Crippen LogP contribution in [0.1, 0.15) is 35.5 Å². The van der Waals surface area contributed by atoms with Crippen LogP contribution in [-0.2, 0) is 28.8 Å². The Labute approximate surface area is 135 Å². The molecule has 1 aromatic carbocycles. The Kier molecular flexibility index (Phi) is 4.86. The fourth-order valence-corrected chi connectivity index (χ4v) is 2.72. The number of nitrogens with zero attached hydrogens (tertiary/aromatic N) is 2. The number of benzene rings is 1. The third-order valence-corrected chi connectivity index (χ3v) is 3.93. The van der Waals surface area contributed by atoms with Crippen LogP contribution in [0.15, 0.2) is 30.3 Å². The maximum absolute atomic E-state index is 11.3. The van der Waals surface area contributed by atoms with Crippen LogP contribution in [-0.4, -0.2) is 29.7 Å². The van der Waals surface area contributed by atoms with Crippen LogP contribution in [0.3, 0.4) is 0 Å². The van der Waals surface area contributed by atoms with Crippen molar-refractivity contribution in [3.8, 4) is 5.88 Å². The highest BCUT2D eigenvalue weighted by molar-refractivity contribution is 5.70. The van der Waals surface area contributed by atoms with Crippen molar-refractivity contribution < 1.29 is 14.3 Å². The molecule has 0 atom stereocenters. The molecule has 3 rings (SSSR count). The minimum absolute atomic E-state index is 0.147. The molecule has 0 saturated heterocycles. The van der Waals surface area contributed by atoms with E-state index in [1.807, 2.05) is 30.3 Å². The van der Waals surface area contributed by atoms with Crippen molar-refractivity contribution in [3.05, 3.63) is 53.0 Å². The van der Waals surface area contributed by atoms with E-state index in [0.717, 1.165) is 48.3 Å². The molecular weight excluding hydrogens is 292 g/mol. The number of esters is 1. The molecule has 1 aliphatic rings. The lowest BCUT2D eigenvalue weighted by Gasteiger charge is -2.17. The zero-order chi connectivity index (χ0) is 16.1. The maximum Gasteiger partial charge on any atom is 0.343 e. The van der Waals surface area contributed by atoms with Crippen molar-refractivity contribution in [1.29, 1.82) is 0 Å². The van der Waals surface area contributed by atoms with Crippen LogP contribution in [0, 0.1) is 0 Å². The molecule has 2 aromatic rings. The number of carbonyl (C=O) groups is 1. The Hall–Kier alpha value is -2.43. The highest BCUT2D eigenvalue weighted by Gasteiger charge is 2.18. The lowest BCUT2D eigenvalue weighted by atomic mass is 10.00. The predicted octanol–water partition coefficient (Wildman–Crippen LogP) is 2.50. The zero-order valence-corrected chi connectivity index (χ0v) is 13.2. The summed E-state index contributed by atoms with van der Waals surface area (Å²) in [5.74, 6) is 0.0232. The first-order valence-electron chi connectivity index (χ1n) is 7.88. The summed E-state index contributed by atoms with van der Waals surface area (Å²) in [6, 6.07) is 10.1. The number of ether oxygens (including phenoxy) is 2. The highest BCUT2D eigenvalue weighted by atomic mass is 16.6. The minimum atomic E-state index is -0.421. The summed E-state index contributed by atoms with van der Waals surface area (Å²) in [6.07, 6.45) is 4.78. The van der Waals surface area contributed by atoms with Gasteiger partial charge in [-0.25, -0.2) is 14.8 Å². The van der Waals surface area contributed by atoms with E-state index in [-0.39, 0.29) is 6.61 Å². The van der Waals surface area contributed by atoms with Gasteiger partial charge in [0.05, 0.1) is 18.5 Å². The number of hydrogen-bond donors (Lipinski definition) is 0. The molecule has 0 saturated carbocycles. The van der Waals surface area contributed by atoms with Crippen molar-refractivity contribution >= 4 is 5.97 Å². The normalized spacial score (nSPS) is 13.3. The number of hydrogen-bond acceptors (Lipinski definition) is 5. The maximum atomic E-state index is 11.3. The van der Waals surface area contributed by atoms with E-state index in [9.17, 15) is 4.79 Å². The van der Waals surface area contributed by atoms with Crippen LogP contribution >= 0.6 is 0 Å².